The van der Waals surface area contributed by atoms with Crippen LogP contribution in [0, 0.1) is 0 Å². The Morgan fingerprint density at radius 2 is 1.34 bits per heavy atom. The Morgan fingerprint density at radius 3 is 1.95 bits per heavy atom. The summed E-state index contributed by atoms with van der Waals surface area (Å²) in [7, 11) is 2.59. The number of rotatable bonds is 10. The number of carbonyl (C=O) groups is 4. The molecule has 2 aliphatic heterocycles. The number of likely N-dealkylation sites (tertiary alicyclic amines) is 2. The fourth-order valence-corrected chi connectivity index (χ4v) is 8.99. The van der Waals surface area contributed by atoms with Crippen LogP contribution in [-0.2, 0) is 19.1 Å². The molecule has 318 valence electrons. The monoisotopic (exact) mass is 836 g/mol. The highest BCUT2D eigenvalue weighted by atomic mass is 16.5. The van der Waals surface area contributed by atoms with Gasteiger partial charge in [-0.1, -0.05) is 54.7 Å². The number of ether oxygens (including phenoxy) is 2. The zero-order valence-electron chi connectivity index (χ0n) is 34.6. The summed E-state index contributed by atoms with van der Waals surface area (Å²) in [5, 5.41) is 15.6. The Morgan fingerprint density at radius 1 is 0.710 bits per heavy atom. The van der Waals surface area contributed by atoms with Crippen LogP contribution < -0.4 is 10.6 Å². The van der Waals surface area contributed by atoms with Gasteiger partial charge in [0, 0.05) is 29.6 Å². The zero-order valence-corrected chi connectivity index (χ0v) is 34.6. The van der Waals surface area contributed by atoms with E-state index in [1.807, 2.05) is 83.8 Å². The molecule has 0 saturated carbocycles. The van der Waals surface area contributed by atoms with Gasteiger partial charge in [0.1, 0.15) is 23.7 Å². The lowest BCUT2D eigenvalue weighted by atomic mass is 9.97. The molecular weight excluding hydrogens is 789 g/mol. The van der Waals surface area contributed by atoms with Crippen molar-refractivity contribution in [1.29, 1.82) is 0 Å². The molecule has 4 amide bonds. The van der Waals surface area contributed by atoms with Crippen molar-refractivity contribution < 1.29 is 28.7 Å². The predicted molar refractivity (Wildman–Crippen MR) is 231 cm³/mol. The molecule has 4 N–H and O–H groups in total. The summed E-state index contributed by atoms with van der Waals surface area (Å²) in [5.74, 6) is 1.01. The number of aromatic nitrogens is 6. The maximum atomic E-state index is 14.0. The number of H-pyrrole nitrogens is 2. The number of nitrogens with one attached hydrogen (secondary N) is 4. The van der Waals surface area contributed by atoms with E-state index in [1.165, 1.54) is 14.2 Å². The molecule has 62 heavy (non-hydrogen) atoms. The van der Waals surface area contributed by atoms with Crippen molar-refractivity contribution in [1.82, 2.24) is 50.6 Å². The van der Waals surface area contributed by atoms with Crippen LogP contribution in [0.3, 0.4) is 0 Å². The van der Waals surface area contributed by atoms with E-state index in [9.17, 15) is 19.2 Å². The lowest BCUT2D eigenvalue weighted by Gasteiger charge is -2.29. The quantitative estimate of drug-likeness (QED) is 0.107. The molecule has 0 radical (unpaired) electrons. The van der Waals surface area contributed by atoms with E-state index in [2.05, 4.69) is 30.8 Å². The van der Waals surface area contributed by atoms with Crippen LogP contribution in [0.2, 0.25) is 0 Å². The molecule has 16 nitrogen and oxygen atoms in total. The second-order valence-electron chi connectivity index (χ2n) is 15.9. The van der Waals surface area contributed by atoms with Gasteiger partial charge >= 0.3 is 12.2 Å². The summed E-state index contributed by atoms with van der Waals surface area (Å²) in [4.78, 5) is 72.8. The van der Waals surface area contributed by atoms with Crippen molar-refractivity contribution in [2.75, 3.05) is 27.3 Å². The van der Waals surface area contributed by atoms with Crippen molar-refractivity contribution in [2.45, 2.75) is 75.5 Å². The maximum Gasteiger partial charge on any atom is 0.407 e. The normalized spacial score (nSPS) is 19.6. The molecule has 4 aliphatic rings. The topological polar surface area (TPSA) is 200 Å². The van der Waals surface area contributed by atoms with Gasteiger partial charge in [0.2, 0.25) is 11.8 Å². The van der Waals surface area contributed by atoms with Crippen molar-refractivity contribution in [3.8, 4) is 22.5 Å². The van der Waals surface area contributed by atoms with Gasteiger partial charge in [-0.3, -0.25) is 9.59 Å². The molecule has 2 fully saturated rings. The van der Waals surface area contributed by atoms with Gasteiger partial charge in [0.05, 0.1) is 60.4 Å². The minimum absolute atomic E-state index is 0.180. The Kier molecular flexibility index (Phi) is 11.4. The van der Waals surface area contributed by atoms with Gasteiger partial charge in [-0.05, 0) is 86.8 Å². The molecule has 2 aliphatic carbocycles. The van der Waals surface area contributed by atoms with E-state index < -0.39 is 24.3 Å². The van der Waals surface area contributed by atoms with E-state index in [-0.39, 0.29) is 23.9 Å². The average molecular weight is 837 g/mol. The molecule has 0 bridgehead atoms. The van der Waals surface area contributed by atoms with Gasteiger partial charge in [-0.25, -0.2) is 19.6 Å². The van der Waals surface area contributed by atoms with E-state index in [1.54, 1.807) is 11.1 Å². The van der Waals surface area contributed by atoms with Gasteiger partial charge in [-0.2, -0.15) is 0 Å². The fraction of sp³-hybridized carbons (Fsp3) is 0.348. The third kappa shape index (κ3) is 8.07. The number of aromatic amines is 2. The number of imidazole rings is 2. The number of allylic oxidation sites excluding steroid dienone is 6. The Hall–Kier alpha value is -7.10. The maximum absolute atomic E-state index is 14.0. The fourth-order valence-electron chi connectivity index (χ4n) is 8.99. The largest absolute Gasteiger partial charge is 0.453 e. The highest BCUT2D eigenvalue weighted by Gasteiger charge is 2.39. The first-order valence-electron chi connectivity index (χ1n) is 21.1. The molecule has 0 spiro atoms. The zero-order chi connectivity index (χ0) is 42.7. The summed E-state index contributed by atoms with van der Waals surface area (Å²) in [5.41, 5.74) is 7.21. The second kappa shape index (κ2) is 17.5. The van der Waals surface area contributed by atoms with Crippen LogP contribution in [0.5, 0.6) is 0 Å². The third-order valence-corrected chi connectivity index (χ3v) is 12.2. The number of hydrogen-bond donors (Lipinski definition) is 4. The van der Waals surface area contributed by atoms with Gasteiger partial charge in [0.15, 0.2) is 0 Å². The Bertz CT molecular complexity index is 2680. The van der Waals surface area contributed by atoms with E-state index in [0.717, 1.165) is 70.1 Å². The minimum atomic E-state index is -0.816. The van der Waals surface area contributed by atoms with Crippen LogP contribution in [0.15, 0.2) is 96.3 Å². The van der Waals surface area contributed by atoms with Gasteiger partial charge in [0.25, 0.3) is 0 Å². The van der Waals surface area contributed by atoms with E-state index in [0.29, 0.717) is 61.6 Å². The first-order valence-corrected chi connectivity index (χ1v) is 21.1. The number of hydrogen-bond acceptors (Lipinski definition) is 10. The average Bonchev–Trinajstić information content (AvgIpc) is 4.16. The first kappa shape index (κ1) is 40.3. The Balaban J connectivity index is 0.908. The van der Waals surface area contributed by atoms with Gasteiger partial charge in [-0.15, -0.1) is 10.2 Å². The van der Waals surface area contributed by atoms with Crippen LogP contribution in [0.25, 0.3) is 44.5 Å². The van der Waals surface area contributed by atoms with Crippen molar-refractivity contribution in [2.24, 2.45) is 0 Å². The van der Waals surface area contributed by atoms with Crippen molar-refractivity contribution in [3.05, 3.63) is 108 Å². The molecule has 3 aromatic heterocycles. The smallest absolute Gasteiger partial charge is 0.407 e. The molecule has 5 heterocycles. The number of nitrogens with zero attached hydrogens (tertiary/aromatic N) is 6. The van der Waals surface area contributed by atoms with E-state index in [4.69, 9.17) is 19.4 Å². The van der Waals surface area contributed by atoms with E-state index >= 15 is 0 Å². The molecule has 2 saturated heterocycles. The molecule has 4 atom stereocenters. The summed E-state index contributed by atoms with van der Waals surface area (Å²) < 4.78 is 9.72. The lowest BCUT2D eigenvalue weighted by molar-refractivity contribution is -0.134. The number of methoxy groups -OCH3 is 2. The molecule has 16 heteroatoms. The molecular formula is C46H48N10O6. The van der Waals surface area contributed by atoms with Crippen LogP contribution in [0.4, 0.5) is 9.59 Å². The summed E-state index contributed by atoms with van der Waals surface area (Å²) in [6, 6.07) is 11.7. The summed E-state index contributed by atoms with van der Waals surface area (Å²) in [6.45, 7) is 1.11. The van der Waals surface area contributed by atoms with Crippen LogP contribution >= 0.6 is 0 Å². The number of alkyl carbamates (subject to hydrolysis) is 2. The number of amides is 4. The standard InChI is InChI=1S/C46H48N10O6/c1-61-45(59)51-39(27-11-5-3-6-12-27)43(57)55-21-9-15-37(55)41-47-26-36(50-41)31-18-17-29-23-33(53-54-34(29)24-31)30-19-20-32-35(25-30)49-42(48-32)38-16-10-22-56(38)44(58)40(52-46(60)62-2)28-13-7-4-8-14-28/h3-5,7,12,14,17-20,23-26,37-40H,6,8-11,13,15-16,21-22H2,1-2H3,(H,47,50)(H,48,49)(H,51,59)(H,52,60)/t37-,38-,39+,40+/m0/s1. The van der Waals surface area contributed by atoms with Gasteiger partial charge < -0.3 is 39.9 Å². The number of fused-ring (bicyclic) bond motifs is 2. The van der Waals surface area contributed by atoms with Crippen LogP contribution in [0.1, 0.15) is 75.1 Å². The van der Waals surface area contributed by atoms with Crippen molar-refractivity contribution in [3.63, 3.8) is 0 Å². The lowest BCUT2D eigenvalue weighted by Crippen LogP contribution is -2.49. The number of benzene rings is 2. The first-order chi connectivity index (χ1) is 30.3. The predicted octanol–water partition coefficient (Wildman–Crippen LogP) is 6.89. The second-order valence-corrected chi connectivity index (χ2v) is 15.9. The van der Waals surface area contributed by atoms with Crippen LogP contribution in [-0.4, -0.2) is 103 Å². The minimum Gasteiger partial charge on any atom is -0.453 e. The molecule has 9 rings (SSSR count). The molecule has 2 aromatic carbocycles. The SMILES string of the molecule is COC(=O)N[C@@H](C(=O)N1CCC[C@H]1c1ncc(-c2ccc3cc(-c4ccc5nc([C@@H]6CCCN6C(=O)[C@H](NC(=O)OC)C6=CCC=CC6)[nH]c5c4)nnc3c2)[nH]1)C1=CCC=CC1. The molecule has 5 aromatic rings. The molecule has 0 unspecified atom stereocenters. The highest BCUT2D eigenvalue weighted by molar-refractivity contribution is 5.91. The highest BCUT2D eigenvalue weighted by Crippen LogP contribution is 2.36. The summed E-state index contributed by atoms with van der Waals surface area (Å²) in [6.07, 6.45) is 18.2. The summed E-state index contributed by atoms with van der Waals surface area (Å²) >= 11 is 0. The Labute approximate surface area is 357 Å². The number of carbonyl (C=O) groups excluding carboxylic acids is 4. The van der Waals surface area contributed by atoms with Crippen molar-refractivity contribution >= 4 is 45.9 Å². The third-order valence-electron chi connectivity index (χ3n) is 12.2.